The van der Waals surface area contributed by atoms with Crippen LogP contribution in [0.1, 0.15) is 57.4 Å². The fourth-order valence-corrected chi connectivity index (χ4v) is 6.86. The number of esters is 1. The zero-order valence-corrected chi connectivity index (χ0v) is 23.1. The first-order chi connectivity index (χ1) is 18.9. The molecule has 0 radical (unpaired) electrons. The summed E-state index contributed by atoms with van der Waals surface area (Å²) >= 11 is 0. The van der Waals surface area contributed by atoms with Crippen molar-refractivity contribution in [2.45, 2.75) is 75.7 Å². The Hall–Kier alpha value is -2.97. The van der Waals surface area contributed by atoms with Gasteiger partial charge >= 0.3 is 5.97 Å². The molecule has 2 bridgehead atoms. The van der Waals surface area contributed by atoms with Gasteiger partial charge in [0.1, 0.15) is 17.6 Å². The van der Waals surface area contributed by atoms with Crippen LogP contribution in [-0.4, -0.2) is 76.2 Å². The van der Waals surface area contributed by atoms with Crippen molar-refractivity contribution in [1.29, 1.82) is 0 Å². The van der Waals surface area contributed by atoms with Crippen molar-refractivity contribution >= 4 is 17.8 Å². The van der Waals surface area contributed by atoms with Gasteiger partial charge in [0, 0.05) is 26.2 Å². The third-order valence-corrected chi connectivity index (χ3v) is 8.67. The number of rotatable bonds is 15. The van der Waals surface area contributed by atoms with E-state index in [0.717, 1.165) is 12.0 Å². The standard InChI is InChI=1S/C31H42N2O6/c1-4-7-21-38-29(37)25-24-27(35)33(19-12-9-13-20-34)26(31(24)17-16-30(25,6-3)39-31)28(36)32(18-5-2)22-23-14-10-8-11-15-23/h4-5,8,10-11,14-15,24-26,34H,1-2,6-7,9,12-13,16-22H2,3H3/t24-,25+,26?,30-,31?/m0/s1. The monoisotopic (exact) mass is 538 g/mol. The second kappa shape index (κ2) is 12.5. The summed E-state index contributed by atoms with van der Waals surface area (Å²) in [6.45, 7) is 10.9. The quantitative estimate of drug-likeness (QED) is 0.208. The van der Waals surface area contributed by atoms with Gasteiger partial charge in [-0.25, -0.2) is 0 Å². The summed E-state index contributed by atoms with van der Waals surface area (Å²) in [5.74, 6) is -2.36. The highest BCUT2D eigenvalue weighted by Gasteiger charge is 2.79. The van der Waals surface area contributed by atoms with E-state index in [0.29, 0.717) is 58.2 Å². The molecular weight excluding hydrogens is 496 g/mol. The van der Waals surface area contributed by atoms with Crippen molar-refractivity contribution in [3.63, 3.8) is 0 Å². The number of carbonyl (C=O) groups excluding carboxylic acids is 3. The highest BCUT2D eigenvalue weighted by atomic mass is 16.6. The summed E-state index contributed by atoms with van der Waals surface area (Å²) in [5, 5.41) is 9.25. The molecule has 0 saturated carbocycles. The predicted octanol–water partition coefficient (Wildman–Crippen LogP) is 3.64. The van der Waals surface area contributed by atoms with Gasteiger partial charge in [-0.1, -0.05) is 49.4 Å². The SMILES string of the molecule is C=CCCOC(=O)[C@H]1[C@H]2C(=O)N(CCCCCO)C(C(=O)N(CC=C)Cc3ccccc3)C23CC[C@]1(CC)O3. The average Bonchev–Trinajstić information content (AvgIpc) is 3.55. The molecule has 1 spiro atoms. The van der Waals surface area contributed by atoms with Gasteiger partial charge in [-0.05, 0) is 50.5 Å². The third kappa shape index (κ3) is 5.29. The molecule has 39 heavy (non-hydrogen) atoms. The number of nitrogens with zero attached hydrogens (tertiary/aromatic N) is 2. The maximum atomic E-state index is 14.4. The van der Waals surface area contributed by atoms with Crippen molar-refractivity contribution in [2.24, 2.45) is 11.8 Å². The van der Waals surface area contributed by atoms with E-state index in [1.165, 1.54) is 0 Å². The van der Waals surface area contributed by atoms with Gasteiger partial charge in [-0.15, -0.1) is 13.2 Å². The third-order valence-electron chi connectivity index (χ3n) is 8.67. The van der Waals surface area contributed by atoms with Crippen LogP contribution in [0.5, 0.6) is 0 Å². The van der Waals surface area contributed by atoms with E-state index in [2.05, 4.69) is 13.2 Å². The molecule has 3 fully saturated rings. The Morgan fingerprint density at radius 1 is 1.18 bits per heavy atom. The van der Waals surface area contributed by atoms with Crippen molar-refractivity contribution in [3.8, 4) is 0 Å². The highest BCUT2D eigenvalue weighted by molar-refractivity contribution is 5.98. The molecule has 0 aromatic heterocycles. The first-order valence-corrected chi connectivity index (χ1v) is 14.2. The van der Waals surface area contributed by atoms with E-state index < -0.39 is 35.0 Å². The van der Waals surface area contributed by atoms with Crippen LogP contribution in [-0.2, 0) is 30.4 Å². The molecule has 0 aliphatic carbocycles. The van der Waals surface area contributed by atoms with E-state index in [-0.39, 0.29) is 25.0 Å². The minimum atomic E-state index is -1.08. The minimum absolute atomic E-state index is 0.0772. The Kier molecular flexibility index (Phi) is 9.28. The lowest BCUT2D eigenvalue weighted by Crippen LogP contribution is -2.56. The van der Waals surface area contributed by atoms with Crippen LogP contribution in [0.3, 0.4) is 0 Å². The molecule has 2 unspecified atom stereocenters. The zero-order chi connectivity index (χ0) is 28.0. The summed E-state index contributed by atoms with van der Waals surface area (Å²) < 4.78 is 12.4. The second-order valence-corrected chi connectivity index (χ2v) is 10.9. The molecule has 3 heterocycles. The van der Waals surface area contributed by atoms with Crippen LogP contribution in [0.25, 0.3) is 0 Å². The first-order valence-electron chi connectivity index (χ1n) is 14.2. The molecule has 2 amide bonds. The van der Waals surface area contributed by atoms with Crippen LogP contribution < -0.4 is 0 Å². The molecular formula is C31H42N2O6. The number of ether oxygens (including phenoxy) is 2. The van der Waals surface area contributed by atoms with Crippen molar-refractivity contribution in [3.05, 3.63) is 61.2 Å². The molecule has 8 heteroatoms. The number of fused-ring (bicyclic) bond motifs is 1. The molecule has 1 N–H and O–H groups in total. The molecule has 8 nitrogen and oxygen atoms in total. The molecule has 1 aromatic carbocycles. The predicted molar refractivity (Wildman–Crippen MR) is 147 cm³/mol. The van der Waals surface area contributed by atoms with Crippen LogP contribution >= 0.6 is 0 Å². The van der Waals surface area contributed by atoms with E-state index in [1.807, 2.05) is 37.3 Å². The van der Waals surface area contributed by atoms with Gasteiger partial charge in [0.15, 0.2) is 0 Å². The van der Waals surface area contributed by atoms with E-state index in [9.17, 15) is 19.5 Å². The van der Waals surface area contributed by atoms with Gasteiger partial charge in [0.05, 0.1) is 18.1 Å². The largest absolute Gasteiger partial charge is 0.465 e. The molecule has 212 valence electrons. The van der Waals surface area contributed by atoms with E-state index >= 15 is 0 Å². The lowest BCUT2D eigenvalue weighted by molar-refractivity contribution is -0.162. The maximum Gasteiger partial charge on any atom is 0.312 e. The van der Waals surface area contributed by atoms with Gasteiger partial charge in [-0.3, -0.25) is 14.4 Å². The summed E-state index contributed by atoms with van der Waals surface area (Å²) in [6.07, 6.45) is 7.58. The van der Waals surface area contributed by atoms with Crippen molar-refractivity contribution in [2.75, 3.05) is 26.3 Å². The number of carbonyl (C=O) groups is 3. The number of aliphatic hydroxyl groups excluding tert-OH is 1. The molecule has 3 aliphatic heterocycles. The van der Waals surface area contributed by atoms with Crippen LogP contribution in [0.2, 0.25) is 0 Å². The van der Waals surface area contributed by atoms with Crippen molar-refractivity contribution in [1.82, 2.24) is 9.80 Å². The smallest absolute Gasteiger partial charge is 0.312 e. The second-order valence-electron chi connectivity index (χ2n) is 10.9. The van der Waals surface area contributed by atoms with Gasteiger partial charge in [-0.2, -0.15) is 0 Å². The fourth-order valence-electron chi connectivity index (χ4n) is 6.86. The lowest BCUT2D eigenvalue weighted by Gasteiger charge is -2.37. The van der Waals surface area contributed by atoms with Gasteiger partial charge < -0.3 is 24.4 Å². The Balaban J connectivity index is 1.71. The van der Waals surface area contributed by atoms with Crippen molar-refractivity contribution < 1.29 is 29.0 Å². The van der Waals surface area contributed by atoms with Crippen LogP contribution in [0, 0.1) is 11.8 Å². The summed E-state index contributed by atoms with van der Waals surface area (Å²) in [6, 6.07) is 8.89. The molecule has 5 atom stereocenters. The highest BCUT2D eigenvalue weighted by Crippen LogP contribution is 2.64. The summed E-state index contributed by atoms with van der Waals surface area (Å²) in [7, 11) is 0. The average molecular weight is 539 g/mol. The topological polar surface area (TPSA) is 96.4 Å². The fraction of sp³-hybridized carbons (Fsp3) is 0.581. The number of hydrogen-bond acceptors (Lipinski definition) is 6. The number of hydrogen-bond donors (Lipinski definition) is 1. The number of amides is 2. The van der Waals surface area contributed by atoms with Gasteiger partial charge in [0.25, 0.3) is 0 Å². The number of aliphatic hydroxyl groups is 1. The zero-order valence-electron chi connectivity index (χ0n) is 23.1. The molecule has 1 aromatic rings. The molecule has 3 aliphatic rings. The van der Waals surface area contributed by atoms with E-state index in [1.54, 1.807) is 22.0 Å². The summed E-state index contributed by atoms with van der Waals surface area (Å²) in [5.41, 5.74) is -0.930. The number of unbranched alkanes of at least 4 members (excludes halogenated alkanes) is 2. The van der Waals surface area contributed by atoms with Gasteiger partial charge in [0.2, 0.25) is 11.8 Å². The van der Waals surface area contributed by atoms with E-state index in [4.69, 9.17) is 9.47 Å². The van der Waals surface area contributed by atoms with Crippen LogP contribution in [0.4, 0.5) is 0 Å². The summed E-state index contributed by atoms with van der Waals surface area (Å²) in [4.78, 5) is 45.5. The molecule has 4 rings (SSSR count). The Morgan fingerprint density at radius 2 is 1.95 bits per heavy atom. The Morgan fingerprint density at radius 3 is 2.62 bits per heavy atom. The Bertz CT molecular complexity index is 1060. The number of likely N-dealkylation sites (tertiary alicyclic amines) is 1. The lowest BCUT2D eigenvalue weighted by atomic mass is 9.65. The molecule has 3 saturated heterocycles. The normalized spacial score (nSPS) is 28.8. The first kappa shape index (κ1) is 29.0. The number of benzene rings is 1. The van der Waals surface area contributed by atoms with Crippen LogP contribution in [0.15, 0.2) is 55.6 Å². The Labute approximate surface area is 231 Å². The maximum absolute atomic E-state index is 14.4. The minimum Gasteiger partial charge on any atom is -0.465 e.